The molecule has 4 nitrogen and oxygen atoms in total. The van der Waals surface area contributed by atoms with Crippen LogP contribution in [-0.4, -0.2) is 23.1 Å². The van der Waals surface area contributed by atoms with E-state index in [2.05, 4.69) is 9.97 Å². The average molecular weight is 329 g/mol. The molecule has 1 aromatic carbocycles. The van der Waals surface area contributed by atoms with Crippen molar-refractivity contribution in [3.05, 3.63) is 41.8 Å². The van der Waals surface area contributed by atoms with Gasteiger partial charge in [-0.3, -0.25) is 0 Å². The molecule has 23 heavy (non-hydrogen) atoms. The Hall–Kier alpha value is -2.38. The third-order valence-corrected chi connectivity index (χ3v) is 2.91. The van der Waals surface area contributed by atoms with E-state index < -0.39 is 23.4 Å². The summed E-state index contributed by atoms with van der Waals surface area (Å²) in [5.74, 6) is -0.968. The normalized spacial score (nSPS) is 11.7. The molecule has 0 aliphatic carbocycles. The van der Waals surface area contributed by atoms with Gasteiger partial charge in [-0.1, -0.05) is 6.07 Å². The van der Waals surface area contributed by atoms with E-state index in [9.17, 15) is 17.6 Å². The van der Waals surface area contributed by atoms with E-state index in [0.29, 0.717) is 6.20 Å². The highest BCUT2D eigenvalue weighted by Gasteiger charge is 2.36. The van der Waals surface area contributed by atoms with Crippen LogP contribution in [0.1, 0.15) is 19.4 Å². The molecule has 0 fully saturated rings. The van der Waals surface area contributed by atoms with E-state index in [1.165, 1.54) is 25.2 Å². The smallest absolute Gasteiger partial charge is 0.421 e. The summed E-state index contributed by atoms with van der Waals surface area (Å²) in [6.07, 6.45) is -4.28. The monoisotopic (exact) mass is 329 g/mol. The van der Waals surface area contributed by atoms with Crippen molar-refractivity contribution >= 4 is 11.5 Å². The zero-order valence-corrected chi connectivity index (χ0v) is 12.7. The quantitative estimate of drug-likeness (QED) is 0.789. The standard InChI is InChI=1S/C15H15F4N3O/c1-9(2)23-14-20-8-12(15(17,18)19)13(21-14)22(3)11-6-4-5-10(16)7-11/h4-9H,1-3H3. The van der Waals surface area contributed by atoms with Gasteiger partial charge in [-0.2, -0.15) is 18.2 Å². The molecule has 0 unspecified atom stereocenters. The second kappa shape index (κ2) is 6.39. The van der Waals surface area contributed by atoms with Crippen molar-refractivity contribution in [1.29, 1.82) is 0 Å². The van der Waals surface area contributed by atoms with E-state index in [4.69, 9.17) is 4.74 Å². The average Bonchev–Trinajstić information content (AvgIpc) is 2.44. The zero-order chi connectivity index (χ0) is 17.2. The molecule has 1 aromatic heterocycles. The predicted octanol–water partition coefficient (Wildman–Crippen LogP) is 4.19. The summed E-state index contributed by atoms with van der Waals surface area (Å²) in [6.45, 7) is 3.41. The molecule has 0 aliphatic rings. The minimum atomic E-state index is -4.65. The predicted molar refractivity (Wildman–Crippen MR) is 77.3 cm³/mol. The van der Waals surface area contributed by atoms with Crippen molar-refractivity contribution in [2.45, 2.75) is 26.1 Å². The van der Waals surface area contributed by atoms with Gasteiger partial charge in [0, 0.05) is 18.9 Å². The molecule has 0 radical (unpaired) electrons. The van der Waals surface area contributed by atoms with Gasteiger partial charge in [0.25, 0.3) is 0 Å². The Kier molecular flexibility index (Phi) is 4.72. The molecule has 0 spiro atoms. The Morgan fingerprint density at radius 1 is 1.22 bits per heavy atom. The molecular formula is C15H15F4N3O. The number of aromatic nitrogens is 2. The number of rotatable bonds is 4. The van der Waals surface area contributed by atoms with Gasteiger partial charge in [-0.05, 0) is 32.0 Å². The van der Waals surface area contributed by atoms with Gasteiger partial charge >= 0.3 is 12.2 Å². The number of alkyl halides is 3. The molecule has 0 amide bonds. The number of benzene rings is 1. The highest BCUT2D eigenvalue weighted by Crippen LogP contribution is 2.37. The Balaban J connectivity index is 2.52. The third-order valence-electron chi connectivity index (χ3n) is 2.91. The lowest BCUT2D eigenvalue weighted by Crippen LogP contribution is -2.20. The minimum absolute atomic E-state index is 0.175. The van der Waals surface area contributed by atoms with Crippen molar-refractivity contribution in [3.8, 4) is 6.01 Å². The molecule has 1 heterocycles. The summed E-state index contributed by atoms with van der Waals surface area (Å²) in [6, 6.07) is 5.03. The Labute approximate surface area is 130 Å². The highest BCUT2D eigenvalue weighted by atomic mass is 19.4. The SMILES string of the molecule is CC(C)Oc1ncc(C(F)(F)F)c(N(C)c2cccc(F)c2)n1. The number of ether oxygens (including phenoxy) is 1. The fourth-order valence-electron chi connectivity index (χ4n) is 1.89. The molecule has 0 N–H and O–H groups in total. The summed E-state index contributed by atoms with van der Waals surface area (Å²) in [5, 5.41) is 0. The molecule has 124 valence electrons. The lowest BCUT2D eigenvalue weighted by molar-refractivity contribution is -0.137. The van der Waals surface area contributed by atoms with Gasteiger partial charge in [-0.25, -0.2) is 9.37 Å². The molecule has 2 aromatic rings. The minimum Gasteiger partial charge on any atom is -0.461 e. The Bertz CT molecular complexity index is 689. The van der Waals surface area contributed by atoms with Gasteiger partial charge in [0.15, 0.2) is 5.82 Å². The van der Waals surface area contributed by atoms with Gasteiger partial charge in [-0.15, -0.1) is 0 Å². The largest absolute Gasteiger partial charge is 0.461 e. The maximum Gasteiger partial charge on any atom is 0.421 e. The first-order valence-electron chi connectivity index (χ1n) is 6.78. The first kappa shape index (κ1) is 17.0. The van der Waals surface area contributed by atoms with Crippen LogP contribution in [0.5, 0.6) is 6.01 Å². The molecule has 0 aliphatic heterocycles. The summed E-state index contributed by atoms with van der Waals surface area (Å²) < 4.78 is 58.1. The number of halogens is 4. The van der Waals surface area contributed by atoms with Crippen molar-refractivity contribution < 1.29 is 22.3 Å². The molecule has 0 saturated carbocycles. The number of nitrogens with zero attached hydrogens (tertiary/aromatic N) is 3. The van der Waals surface area contributed by atoms with Crippen LogP contribution in [0.3, 0.4) is 0 Å². The van der Waals surface area contributed by atoms with Crippen molar-refractivity contribution in [2.24, 2.45) is 0 Å². The van der Waals surface area contributed by atoms with Crippen LogP contribution in [0.2, 0.25) is 0 Å². The van der Waals surface area contributed by atoms with Crippen LogP contribution in [-0.2, 0) is 6.18 Å². The molecule has 0 bridgehead atoms. The first-order valence-corrected chi connectivity index (χ1v) is 6.78. The topological polar surface area (TPSA) is 38.2 Å². The van der Waals surface area contributed by atoms with Crippen molar-refractivity contribution in [1.82, 2.24) is 9.97 Å². The molecule has 0 saturated heterocycles. The van der Waals surface area contributed by atoms with E-state index in [1.807, 2.05) is 0 Å². The van der Waals surface area contributed by atoms with Crippen LogP contribution < -0.4 is 9.64 Å². The fraction of sp³-hybridized carbons (Fsp3) is 0.333. The van der Waals surface area contributed by atoms with Crippen LogP contribution in [0.4, 0.5) is 29.1 Å². The maximum absolute atomic E-state index is 13.3. The molecule has 8 heteroatoms. The first-order chi connectivity index (χ1) is 10.7. The van der Waals surface area contributed by atoms with Gasteiger partial charge in [0.05, 0.1) is 6.10 Å². The van der Waals surface area contributed by atoms with Gasteiger partial charge < -0.3 is 9.64 Å². The summed E-state index contributed by atoms with van der Waals surface area (Å²) in [4.78, 5) is 8.56. The van der Waals surface area contributed by atoms with E-state index >= 15 is 0 Å². The zero-order valence-electron chi connectivity index (χ0n) is 12.7. The van der Waals surface area contributed by atoms with Gasteiger partial charge in [0.2, 0.25) is 0 Å². The third kappa shape index (κ3) is 4.08. The molecule has 0 atom stereocenters. The second-order valence-corrected chi connectivity index (χ2v) is 5.09. The van der Waals surface area contributed by atoms with Crippen LogP contribution in [0.25, 0.3) is 0 Å². The lowest BCUT2D eigenvalue weighted by atomic mass is 10.2. The number of hydrogen-bond acceptors (Lipinski definition) is 4. The van der Waals surface area contributed by atoms with Crippen molar-refractivity contribution in [2.75, 3.05) is 11.9 Å². The second-order valence-electron chi connectivity index (χ2n) is 5.09. The Morgan fingerprint density at radius 2 is 1.91 bits per heavy atom. The number of hydrogen-bond donors (Lipinski definition) is 0. The number of anilines is 2. The van der Waals surface area contributed by atoms with Crippen LogP contribution in [0, 0.1) is 5.82 Å². The van der Waals surface area contributed by atoms with Gasteiger partial charge in [0.1, 0.15) is 11.4 Å². The maximum atomic E-state index is 13.3. The molecular weight excluding hydrogens is 314 g/mol. The summed E-state index contributed by atoms with van der Waals surface area (Å²) in [5.41, 5.74) is -0.801. The van der Waals surface area contributed by atoms with Crippen molar-refractivity contribution in [3.63, 3.8) is 0 Å². The van der Waals surface area contributed by atoms with Crippen LogP contribution >= 0.6 is 0 Å². The fourth-order valence-corrected chi connectivity index (χ4v) is 1.89. The Morgan fingerprint density at radius 3 is 2.48 bits per heavy atom. The van der Waals surface area contributed by atoms with Crippen LogP contribution in [0.15, 0.2) is 30.5 Å². The van der Waals surface area contributed by atoms with E-state index in [1.54, 1.807) is 13.8 Å². The molecule has 2 rings (SSSR count). The summed E-state index contributed by atoms with van der Waals surface area (Å²) in [7, 11) is 1.37. The van der Waals surface area contributed by atoms with E-state index in [-0.39, 0.29) is 17.8 Å². The lowest BCUT2D eigenvalue weighted by Gasteiger charge is -2.22. The van der Waals surface area contributed by atoms with E-state index in [0.717, 1.165) is 11.0 Å². The summed E-state index contributed by atoms with van der Waals surface area (Å²) >= 11 is 0. The highest BCUT2D eigenvalue weighted by molar-refractivity contribution is 5.62.